The van der Waals surface area contributed by atoms with Gasteiger partial charge >= 0.3 is 5.97 Å². The number of esters is 1. The van der Waals surface area contributed by atoms with Gasteiger partial charge in [-0.1, -0.05) is 49.8 Å². The highest BCUT2D eigenvalue weighted by atomic mass is 16.5. The van der Waals surface area contributed by atoms with E-state index in [1.54, 1.807) is 0 Å². The molecule has 2 N–H and O–H groups in total. The van der Waals surface area contributed by atoms with Gasteiger partial charge in [-0.15, -0.1) is 0 Å². The van der Waals surface area contributed by atoms with Crippen molar-refractivity contribution in [3.05, 3.63) is 47.5 Å². The molecule has 1 aliphatic heterocycles. The lowest BCUT2D eigenvalue weighted by atomic mass is 9.46. The molecule has 6 rings (SSSR count). The second kappa shape index (κ2) is 13.1. The van der Waals surface area contributed by atoms with Gasteiger partial charge < -0.3 is 19.9 Å². The van der Waals surface area contributed by atoms with Crippen molar-refractivity contribution in [2.24, 2.45) is 28.6 Å². The van der Waals surface area contributed by atoms with Crippen molar-refractivity contribution in [2.75, 3.05) is 19.8 Å². The Kier molecular flexibility index (Phi) is 9.57. The van der Waals surface area contributed by atoms with Crippen LogP contribution < -0.4 is 5.32 Å². The average molecular weight is 662 g/mol. The number of hydrogen-bond acceptors (Lipinski definition) is 7. The summed E-state index contributed by atoms with van der Waals surface area (Å²) in [5.41, 5.74) is 0.112. The number of allylic oxidation sites excluding steroid dienone is 1. The maximum absolute atomic E-state index is 13.6. The molecule has 1 amide bonds. The number of rotatable bonds is 10. The first-order chi connectivity index (χ1) is 22.7. The van der Waals surface area contributed by atoms with E-state index in [4.69, 9.17) is 9.47 Å². The lowest BCUT2D eigenvalue weighted by Gasteiger charge is -2.58. The smallest absolute Gasteiger partial charge is 0.306 e. The molecule has 262 valence electrons. The maximum atomic E-state index is 13.6. The molecule has 7 unspecified atom stereocenters. The lowest BCUT2D eigenvalue weighted by Crippen LogP contribution is -2.58. The number of amides is 1. The van der Waals surface area contributed by atoms with Crippen molar-refractivity contribution >= 4 is 23.4 Å². The van der Waals surface area contributed by atoms with Crippen LogP contribution in [0.3, 0.4) is 0 Å². The normalized spacial score (nSPS) is 37.0. The average Bonchev–Trinajstić information content (AvgIpc) is 3.34. The molecule has 48 heavy (non-hydrogen) atoms. The minimum atomic E-state index is -1.53. The van der Waals surface area contributed by atoms with Crippen LogP contribution in [0.4, 0.5) is 0 Å². The minimum Gasteiger partial charge on any atom is -0.458 e. The summed E-state index contributed by atoms with van der Waals surface area (Å²) in [6.45, 7) is 9.28. The topological polar surface area (TPSA) is 119 Å². The van der Waals surface area contributed by atoms with Crippen LogP contribution in [0, 0.1) is 28.6 Å². The zero-order valence-corrected chi connectivity index (χ0v) is 29.4. The van der Waals surface area contributed by atoms with Crippen LogP contribution in [-0.4, -0.2) is 59.5 Å². The highest BCUT2D eigenvalue weighted by molar-refractivity contribution is 5.92. The fourth-order valence-electron chi connectivity index (χ4n) is 11.0. The van der Waals surface area contributed by atoms with Crippen molar-refractivity contribution in [1.82, 2.24) is 5.32 Å². The summed E-state index contributed by atoms with van der Waals surface area (Å²) in [6, 6.07) is 10.4. The summed E-state index contributed by atoms with van der Waals surface area (Å²) in [5.74, 6) is 0.0535. The van der Waals surface area contributed by atoms with Gasteiger partial charge in [-0.2, -0.15) is 0 Å². The van der Waals surface area contributed by atoms with Crippen LogP contribution in [0.25, 0.3) is 0 Å². The van der Waals surface area contributed by atoms with Crippen LogP contribution in [0.1, 0.15) is 117 Å². The largest absolute Gasteiger partial charge is 0.458 e. The summed E-state index contributed by atoms with van der Waals surface area (Å²) in [7, 11) is 0. The number of ether oxygens (including phenoxy) is 2. The fraction of sp³-hybridized carbons (Fsp3) is 0.700. The van der Waals surface area contributed by atoms with E-state index in [9.17, 15) is 24.3 Å². The number of benzene rings is 1. The van der Waals surface area contributed by atoms with E-state index in [-0.39, 0.29) is 46.9 Å². The number of aliphatic hydroxyl groups is 1. The Hall–Kier alpha value is -2.84. The number of carbonyl (C=O) groups is 4. The Labute approximate surface area is 285 Å². The van der Waals surface area contributed by atoms with Crippen LogP contribution >= 0.6 is 0 Å². The zero-order valence-electron chi connectivity index (χ0n) is 29.4. The number of carbonyl (C=O) groups excluding carboxylic acids is 4. The predicted octanol–water partition coefficient (Wildman–Crippen LogP) is 6.18. The van der Waals surface area contributed by atoms with Gasteiger partial charge in [-0.05, 0) is 113 Å². The molecule has 0 radical (unpaired) electrons. The molecule has 5 aliphatic rings. The molecule has 3 saturated carbocycles. The number of nitrogens with one attached hydrogen (secondary N) is 1. The molecule has 8 nitrogen and oxygen atoms in total. The van der Waals surface area contributed by atoms with Crippen LogP contribution in [0.2, 0.25) is 0 Å². The Bertz CT molecular complexity index is 1450. The Morgan fingerprint density at radius 2 is 1.69 bits per heavy atom. The van der Waals surface area contributed by atoms with Gasteiger partial charge in [-0.3, -0.25) is 19.2 Å². The molecule has 1 saturated heterocycles. The lowest BCUT2D eigenvalue weighted by molar-refractivity contribution is -0.170. The SMILES string of the molecule is CC1(C)CC(CCNC(=O)CCC(=O)OCC(=O)C2(O)CCC3C4CCC5=CC(=O)CCC5(C)C4CCC32C)(c2ccccc2)CCO1. The van der Waals surface area contributed by atoms with E-state index >= 15 is 0 Å². The van der Waals surface area contributed by atoms with Gasteiger partial charge in [0.2, 0.25) is 11.7 Å². The molecule has 1 aromatic rings. The van der Waals surface area contributed by atoms with Crippen LogP contribution in [0.5, 0.6) is 0 Å². The molecular weight excluding hydrogens is 606 g/mol. The number of Topliss-reactive ketones (excluding diaryl/α,β-unsaturated/α-hetero) is 1. The van der Waals surface area contributed by atoms with E-state index in [0.29, 0.717) is 37.8 Å². The third kappa shape index (κ3) is 6.32. The monoisotopic (exact) mass is 661 g/mol. The highest BCUT2D eigenvalue weighted by Crippen LogP contribution is 2.67. The van der Waals surface area contributed by atoms with Gasteiger partial charge in [0.25, 0.3) is 0 Å². The number of hydrogen-bond donors (Lipinski definition) is 2. The summed E-state index contributed by atoms with van der Waals surface area (Å²) in [4.78, 5) is 51.1. The molecule has 4 fully saturated rings. The van der Waals surface area contributed by atoms with Crippen molar-refractivity contribution in [2.45, 2.75) is 128 Å². The molecule has 0 aromatic heterocycles. The van der Waals surface area contributed by atoms with Gasteiger partial charge in [0.1, 0.15) is 5.60 Å². The summed E-state index contributed by atoms with van der Waals surface area (Å²) in [6.07, 6.45) is 10.5. The standard InChI is InChI=1S/C40H55NO7/c1-36(2)26-39(21-23-48-36,27-8-6-5-7-9-27)20-22-41-34(44)12-13-35(45)47-25-33(43)40(46)19-16-32-30-11-10-28-24-29(42)14-17-37(28,3)31(30)15-18-38(32,40)4/h5-9,24,30-32,46H,10-23,25-26H2,1-4H3,(H,41,44). The second-order valence-corrected chi connectivity index (χ2v) is 16.7. The molecule has 7 atom stereocenters. The maximum Gasteiger partial charge on any atom is 0.306 e. The van der Waals surface area contributed by atoms with E-state index in [1.165, 1.54) is 11.1 Å². The second-order valence-electron chi connectivity index (χ2n) is 16.7. The third-order valence-electron chi connectivity index (χ3n) is 13.6. The molecule has 4 aliphatic carbocycles. The first-order valence-corrected chi connectivity index (χ1v) is 18.3. The quantitative estimate of drug-likeness (QED) is 0.288. The summed E-state index contributed by atoms with van der Waals surface area (Å²) >= 11 is 0. The molecule has 0 spiro atoms. The van der Waals surface area contributed by atoms with Gasteiger partial charge in [0.15, 0.2) is 12.4 Å². The molecule has 1 heterocycles. The first kappa shape index (κ1) is 35.0. The van der Waals surface area contributed by atoms with E-state index < -0.39 is 29.4 Å². The zero-order chi connectivity index (χ0) is 34.4. The van der Waals surface area contributed by atoms with Crippen molar-refractivity contribution < 1.29 is 33.8 Å². The highest BCUT2D eigenvalue weighted by Gasteiger charge is 2.66. The Morgan fingerprint density at radius 1 is 0.938 bits per heavy atom. The van der Waals surface area contributed by atoms with Crippen LogP contribution in [0.15, 0.2) is 42.0 Å². The number of ketones is 2. The van der Waals surface area contributed by atoms with E-state index in [2.05, 4.69) is 45.1 Å². The minimum absolute atomic E-state index is 0.0200. The third-order valence-corrected chi connectivity index (χ3v) is 13.6. The number of fused-ring (bicyclic) bond motifs is 5. The molecular formula is C40H55NO7. The van der Waals surface area contributed by atoms with Crippen molar-refractivity contribution in [3.63, 3.8) is 0 Å². The van der Waals surface area contributed by atoms with Crippen LogP contribution in [-0.2, 0) is 34.1 Å². The fourth-order valence-corrected chi connectivity index (χ4v) is 11.0. The first-order valence-electron chi connectivity index (χ1n) is 18.3. The van der Waals surface area contributed by atoms with E-state index in [1.807, 2.05) is 24.3 Å². The molecule has 1 aromatic carbocycles. The summed E-state index contributed by atoms with van der Waals surface area (Å²) in [5, 5.41) is 14.9. The van der Waals surface area contributed by atoms with Gasteiger partial charge in [0.05, 0.1) is 12.0 Å². The Morgan fingerprint density at radius 3 is 2.44 bits per heavy atom. The van der Waals surface area contributed by atoms with Gasteiger partial charge in [-0.25, -0.2) is 0 Å². The molecule has 0 bridgehead atoms. The van der Waals surface area contributed by atoms with E-state index in [0.717, 1.165) is 57.8 Å². The predicted molar refractivity (Wildman–Crippen MR) is 182 cm³/mol. The van der Waals surface area contributed by atoms with Crippen molar-refractivity contribution in [1.29, 1.82) is 0 Å². The molecule has 8 heteroatoms. The van der Waals surface area contributed by atoms with Gasteiger partial charge in [0, 0.05) is 36.8 Å². The van der Waals surface area contributed by atoms with Crippen molar-refractivity contribution in [3.8, 4) is 0 Å². The Balaban J connectivity index is 0.981. The summed E-state index contributed by atoms with van der Waals surface area (Å²) < 4.78 is 11.4.